The van der Waals surface area contributed by atoms with Crippen LogP contribution >= 0.6 is 0 Å². The van der Waals surface area contributed by atoms with Crippen LogP contribution in [-0.4, -0.2) is 42.4 Å². The van der Waals surface area contributed by atoms with E-state index in [0.717, 1.165) is 19.3 Å². The topological polar surface area (TPSA) is 52.6 Å². The van der Waals surface area contributed by atoms with Gasteiger partial charge in [0.1, 0.15) is 0 Å². The molecule has 29 heavy (non-hydrogen) atoms. The van der Waals surface area contributed by atoms with Crippen LogP contribution in [0.25, 0.3) is 0 Å². The average Bonchev–Trinajstić information content (AvgIpc) is 2.58. The molecule has 0 amide bonds. The molecule has 0 radical (unpaired) electrons. The molecule has 1 atom stereocenters. The Kier molecular flexibility index (Phi) is 9.58. The molecule has 0 spiro atoms. The summed E-state index contributed by atoms with van der Waals surface area (Å²) in [6.07, 6.45) is -2.92. The van der Waals surface area contributed by atoms with Gasteiger partial charge in [-0.05, 0) is 12.3 Å². The Balaban J connectivity index is 4.96. The summed E-state index contributed by atoms with van der Waals surface area (Å²) in [4.78, 5) is 22.6. The Bertz CT molecular complexity index is 584. The zero-order valence-corrected chi connectivity index (χ0v) is 15.9. The van der Waals surface area contributed by atoms with Gasteiger partial charge in [0.2, 0.25) is 0 Å². The van der Waals surface area contributed by atoms with E-state index >= 15 is 0 Å². The van der Waals surface area contributed by atoms with Crippen LogP contribution in [0.1, 0.15) is 46.5 Å². The lowest BCUT2D eigenvalue weighted by molar-refractivity contribution is -0.413. The van der Waals surface area contributed by atoms with Gasteiger partial charge in [-0.15, -0.1) is 0 Å². The third-order valence-corrected chi connectivity index (χ3v) is 3.90. The molecule has 4 nitrogen and oxygen atoms in total. The van der Waals surface area contributed by atoms with Gasteiger partial charge in [0.25, 0.3) is 0 Å². The molecule has 0 aromatic rings. The Morgan fingerprint density at radius 2 is 1.41 bits per heavy atom. The fourth-order valence-electron chi connectivity index (χ4n) is 1.97. The van der Waals surface area contributed by atoms with E-state index in [0.29, 0.717) is 6.42 Å². The summed E-state index contributed by atoms with van der Waals surface area (Å²) >= 11 is 0. The summed E-state index contributed by atoms with van der Waals surface area (Å²) in [7, 11) is 0. The first kappa shape index (κ1) is 27.1. The normalized spacial score (nSPS) is 14.7. The maximum Gasteiger partial charge on any atom is 0.473 e. The quantitative estimate of drug-likeness (QED) is 0.232. The van der Waals surface area contributed by atoms with Crippen molar-refractivity contribution in [2.45, 2.75) is 70.3 Å². The molecule has 12 heteroatoms. The fraction of sp³-hybridized carbons (Fsp3) is 0.765. The molecule has 0 saturated heterocycles. The smallest absolute Gasteiger partial charge is 0.462 e. The van der Waals surface area contributed by atoms with Gasteiger partial charge in [0, 0.05) is 19.1 Å². The van der Waals surface area contributed by atoms with Crippen molar-refractivity contribution in [1.82, 2.24) is 0 Å². The van der Waals surface area contributed by atoms with Gasteiger partial charge in [-0.3, -0.25) is 0 Å². The first-order valence-electron chi connectivity index (χ1n) is 8.62. The van der Waals surface area contributed by atoms with Crippen LogP contribution in [-0.2, 0) is 19.1 Å². The molecule has 0 aromatic carbocycles. The Morgan fingerprint density at radius 1 is 0.897 bits per heavy atom. The van der Waals surface area contributed by atoms with E-state index in [2.05, 4.69) is 4.74 Å². The van der Waals surface area contributed by atoms with E-state index < -0.39 is 42.7 Å². The minimum Gasteiger partial charge on any atom is -0.462 e. The Hall–Kier alpha value is -1.88. The van der Waals surface area contributed by atoms with Crippen molar-refractivity contribution in [3.05, 3.63) is 12.2 Å². The van der Waals surface area contributed by atoms with Gasteiger partial charge >= 0.3 is 35.8 Å². The van der Waals surface area contributed by atoms with Crippen molar-refractivity contribution >= 4 is 11.9 Å². The first-order valence-corrected chi connectivity index (χ1v) is 8.62. The molecule has 0 aliphatic carbocycles. The van der Waals surface area contributed by atoms with Crippen molar-refractivity contribution in [2.24, 2.45) is 5.92 Å². The van der Waals surface area contributed by atoms with Crippen molar-refractivity contribution in [2.75, 3.05) is 6.61 Å². The number of hydrogen-bond donors (Lipinski definition) is 0. The molecule has 0 aliphatic rings. The minimum atomic E-state index is -6.73. The summed E-state index contributed by atoms with van der Waals surface area (Å²) in [6.45, 7) is 3.03. The molecule has 0 saturated carbocycles. The monoisotopic (exact) mass is 442 g/mol. The van der Waals surface area contributed by atoms with E-state index in [4.69, 9.17) is 4.74 Å². The molecule has 0 N–H and O–H groups in total. The molecule has 170 valence electrons. The lowest BCUT2D eigenvalue weighted by Crippen LogP contribution is -2.62. The zero-order chi connectivity index (χ0) is 23.1. The number of hydrogen-bond acceptors (Lipinski definition) is 4. The van der Waals surface area contributed by atoms with Crippen LogP contribution in [0.3, 0.4) is 0 Å². The Morgan fingerprint density at radius 3 is 1.86 bits per heavy atom. The predicted molar refractivity (Wildman–Crippen MR) is 85.0 cm³/mol. The second-order valence-electron chi connectivity index (χ2n) is 6.35. The Labute approximate surface area is 162 Å². The molecular formula is C17H22F8O4. The maximum atomic E-state index is 13.3. The molecular weight excluding hydrogens is 420 g/mol. The molecule has 1 unspecified atom stereocenters. The summed E-state index contributed by atoms with van der Waals surface area (Å²) < 4.78 is 112. The maximum absolute atomic E-state index is 13.3. The molecule has 0 heterocycles. The zero-order valence-electron chi connectivity index (χ0n) is 15.9. The van der Waals surface area contributed by atoms with Crippen molar-refractivity contribution in [3.8, 4) is 0 Å². The molecule has 0 bridgehead atoms. The number of esters is 2. The number of ether oxygens (including phenoxy) is 2. The number of carbonyl (C=O) groups is 2. The molecule has 0 aliphatic heterocycles. The van der Waals surface area contributed by atoms with Gasteiger partial charge in [-0.1, -0.05) is 33.1 Å². The van der Waals surface area contributed by atoms with Gasteiger partial charge in [0.05, 0.1) is 6.61 Å². The van der Waals surface area contributed by atoms with Crippen LogP contribution in [0.4, 0.5) is 35.1 Å². The molecule has 0 aromatic heterocycles. The highest BCUT2D eigenvalue weighted by Crippen LogP contribution is 2.52. The standard InChI is InChI=1S/C17H22F8O4/c1-4-6-7-11(5-2)10-28-12(26)8-9-13(27)29-17(24,25)16(22,23)15(20,21)14(3,18)19/h8-9,11H,4-7,10H2,1-3H3/b9-8+. The van der Waals surface area contributed by atoms with Crippen molar-refractivity contribution < 1.29 is 54.2 Å². The molecule has 0 fully saturated rings. The fourth-order valence-corrected chi connectivity index (χ4v) is 1.97. The third-order valence-electron chi connectivity index (χ3n) is 3.90. The SMILES string of the molecule is CCCCC(CC)COC(=O)/C=C/C(=O)OC(F)(F)C(F)(F)C(F)(F)C(C)(F)F. The van der Waals surface area contributed by atoms with E-state index in [1.165, 1.54) is 0 Å². The number of alkyl halides is 8. The number of rotatable bonds is 12. The highest BCUT2D eigenvalue weighted by atomic mass is 19.4. The first-order chi connectivity index (χ1) is 13.0. The lowest BCUT2D eigenvalue weighted by atomic mass is 10.0. The predicted octanol–water partition coefficient (Wildman–Crippen LogP) is 5.36. The van der Waals surface area contributed by atoms with Gasteiger partial charge in [-0.25, -0.2) is 9.59 Å². The summed E-state index contributed by atoms with van der Waals surface area (Å²) in [5, 5.41) is 0. The largest absolute Gasteiger partial charge is 0.473 e. The van der Waals surface area contributed by atoms with Crippen LogP contribution < -0.4 is 0 Å². The van der Waals surface area contributed by atoms with Gasteiger partial charge in [0.15, 0.2) is 0 Å². The van der Waals surface area contributed by atoms with Crippen LogP contribution in [0.15, 0.2) is 12.2 Å². The summed E-state index contributed by atoms with van der Waals surface area (Å²) in [6, 6.07) is 0. The van der Waals surface area contributed by atoms with Crippen LogP contribution in [0.2, 0.25) is 0 Å². The summed E-state index contributed by atoms with van der Waals surface area (Å²) in [5.74, 6) is -22.3. The second-order valence-corrected chi connectivity index (χ2v) is 6.35. The lowest BCUT2D eigenvalue weighted by Gasteiger charge is -2.34. The highest BCUT2D eigenvalue weighted by Gasteiger charge is 2.81. The summed E-state index contributed by atoms with van der Waals surface area (Å²) in [5.41, 5.74) is 0. The van der Waals surface area contributed by atoms with E-state index in [1.54, 1.807) is 0 Å². The van der Waals surface area contributed by atoms with Crippen LogP contribution in [0.5, 0.6) is 0 Å². The van der Waals surface area contributed by atoms with E-state index in [-0.39, 0.29) is 24.7 Å². The minimum absolute atomic E-state index is 0.000203. The average molecular weight is 442 g/mol. The number of halogens is 8. The van der Waals surface area contributed by atoms with Crippen molar-refractivity contribution in [3.63, 3.8) is 0 Å². The van der Waals surface area contributed by atoms with E-state index in [9.17, 15) is 44.7 Å². The highest BCUT2D eigenvalue weighted by molar-refractivity contribution is 5.91. The van der Waals surface area contributed by atoms with Crippen LogP contribution in [0, 0.1) is 5.92 Å². The van der Waals surface area contributed by atoms with Gasteiger partial charge in [-0.2, -0.15) is 35.1 Å². The van der Waals surface area contributed by atoms with E-state index in [1.807, 2.05) is 13.8 Å². The number of carbonyl (C=O) groups excluding carboxylic acids is 2. The third kappa shape index (κ3) is 7.14. The van der Waals surface area contributed by atoms with Crippen molar-refractivity contribution in [1.29, 1.82) is 0 Å². The second kappa shape index (κ2) is 10.2. The molecule has 0 rings (SSSR count). The van der Waals surface area contributed by atoms with Gasteiger partial charge < -0.3 is 9.47 Å². The number of unbranched alkanes of at least 4 members (excludes halogenated alkanes) is 1.